The summed E-state index contributed by atoms with van der Waals surface area (Å²) in [6.45, 7) is 14.7. The zero-order valence-corrected chi connectivity index (χ0v) is 34.5. The molecule has 0 aliphatic carbocycles. The first-order chi connectivity index (χ1) is 27.0. The fraction of sp³-hybridized carbons (Fsp3) is 0.525. The Hall–Kier alpha value is -5.02. The van der Waals surface area contributed by atoms with Crippen molar-refractivity contribution in [2.45, 2.75) is 104 Å². The number of alkyl halides is 3. The molecule has 3 atom stereocenters. The normalized spacial score (nSPS) is 19.4. The highest BCUT2D eigenvalue weighted by Crippen LogP contribution is 2.49. The molecule has 2 aromatic heterocycles. The van der Waals surface area contributed by atoms with E-state index in [1.807, 2.05) is 13.1 Å². The average molecular weight is 832 g/mol. The first-order valence-corrected chi connectivity index (χ1v) is 19.6. The van der Waals surface area contributed by atoms with Crippen LogP contribution >= 0.6 is 11.3 Å². The number of nitrogens with zero attached hydrogens (tertiary/aromatic N) is 6. The number of likely N-dealkylation sites (tertiary alicyclic amines) is 1. The number of fused-ring (bicyclic) bond motifs is 2. The first-order valence-electron chi connectivity index (χ1n) is 18.8. The molecule has 2 unspecified atom stereocenters. The molecule has 0 spiro atoms. The number of anilines is 2. The molecule has 1 N–H and O–H groups in total. The predicted octanol–water partition coefficient (Wildman–Crippen LogP) is 9.33. The first kappa shape index (κ1) is 42.6. The maximum Gasteiger partial charge on any atom is 0.417 e. The molecular formula is C40H46F5N7O5S. The van der Waals surface area contributed by atoms with Gasteiger partial charge in [-0.1, -0.05) is 6.07 Å². The number of hydrogen-bond donors (Lipinski definition) is 1. The van der Waals surface area contributed by atoms with E-state index in [9.17, 15) is 14.9 Å². The van der Waals surface area contributed by atoms with E-state index in [1.165, 1.54) is 4.90 Å². The van der Waals surface area contributed by atoms with Crippen LogP contribution in [-0.2, 0) is 15.7 Å². The molecule has 0 radical (unpaired) electrons. The molecule has 2 saturated heterocycles. The molecule has 2 aliphatic heterocycles. The van der Waals surface area contributed by atoms with E-state index in [2.05, 4.69) is 20.2 Å². The van der Waals surface area contributed by atoms with Crippen molar-refractivity contribution in [1.82, 2.24) is 19.8 Å². The number of ether oxygens (including phenoxy) is 3. The van der Waals surface area contributed by atoms with Gasteiger partial charge in [-0.2, -0.15) is 28.4 Å². The minimum atomic E-state index is -5.18. The molecule has 12 nitrogen and oxygen atoms in total. The van der Waals surface area contributed by atoms with Crippen molar-refractivity contribution < 1.29 is 45.8 Å². The lowest BCUT2D eigenvalue weighted by atomic mass is 9.92. The minimum Gasteiger partial charge on any atom is -0.462 e. The molecule has 18 heteroatoms. The van der Waals surface area contributed by atoms with Gasteiger partial charge in [0.25, 0.3) is 0 Å². The molecular weight excluding hydrogens is 786 g/mol. The van der Waals surface area contributed by atoms with Crippen molar-refractivity contribution in [3.63, 3.8) is 0 Å². The fourth-order valence-electron chi connectivity index (χ4n) is 7.29. The van der Waals surface area contributed by atoms with Crippen molar-refractivity contribution >= 4 is 55.3 Å². The highest BCUT2D eigenvalue weighted by atomic mass is 32.1. The van der Waals surface area contributed by atoms with Crippen LogP contribution in [0.4, 0.5) is 42.4 Å². The summed E-state index contributed by atoms with van der Waals surface area (Å²) < 4.78 is 95.5. The van der Waals surface area contributed by atoms with Gasteiger partial charge in [0.15, 0.2) is 5.82 Å². The lowest BCUT2D eigenvalue weighted by Gasteiger charge is -2.45. The molecule has 312 valence electrons. The number of likely N-dealkylation sites (N-methyl/N-ethyl adjacent to an activating group) is 1. The summed E-state index contributed by atoms with van der Waals surface area (Å²) >= 11 is 0.603. The van der Waals surface area contributed by atoms with Crippen molar-refractivity contribution in [1.29, 1.82) is 5.26 Å². The highest BCUT2D eigenvalue weighted by Gasteiger charge is 2.41. The van der Waals surface area contributed by atoms with Crippen LogP contribution in [0.15, 0.2) is 18.2 Å². The van der Waals surface area contributed by atoms with Crippen LogP contribution in [0.25, 0.3) is 32.1 Å². The molecule has 0 saturated carbocycles. The Morgan fingerprint density at radius 2 is 1.71 bits per heavy atom. The molecule has 6 rings (SSSR count). The third kappa shape index (κ3) is 8.70. The van der Waals surface area contributed by atoms with Gasteiger partial charge in [-0.3, -0.25) is 5.32 Å². The number of hydrogen-bond acceptors (Lipinski definition) is 11. The number of amides is 2. The Morgan fingerprint density at radius 3 is 2.31 bits per heavy atom. The lowest BCUT2D eigenvalue weighted by molar-refractivity contribution is -0.137. The number of benzene rings is 2. The van der Waals surface area contributed by atoms with Crippen LogP contribution in [0.1, 0.15) is 79.4 Å². The van der Waals surface area contributed by atoms with Crippen LogP contribution in [0.2, 0.25) is 0 Å². The van der Waals surface area contributed by atoms with Gasteiger partial charge in [0, 0.05) is 47.6 Å². The van der Waals surface area contributed by atoms with Crippen LogP contribution < -0.4 is 15.0 Å². The fourth-order valence-corrected chi connectivity index (χ4v) is 8.36. The number of aromatic nitrogens is 2. The number of halogens is 5. The maximum absolute atomic E-state index is 17.4. The zero-order chi connectivity index (χ0) is 42.6. The predicted molar refractivity (Wildman–Crippen MR) is 210 cm³/mol. The largest absolute Gasteiger partial charge is 0.462 e. The summed E-state index contributed by atoms with van der Waals surface area (Å²) in [7, 11) is 1.93. The number of piperazine rings is 1. The van der Waals surface area contributed by atoms with E-state index in [0.717, 1.165) is 37.6 Å². The standard InChI is InChI=1S/C40H46F5N7O5S/c1-20-18-52(37(54)57-39(6,7)8)21(2)17-51(20)33-24-15-26(40(43,44)45)29(30(42)31(24)47-35(48-33)55-19-22-11-10-14-50(22)9)23-12-13-27(41)32-28(23)25(16-46)34(58-32)49-36(53)56-38(3,4)5/h12-13,15,20-22H,10-11,14,17-19H2,1-9H3,(H,49,53)/t20?,21?,22-/m0/s1. The Bertz CT molecular complexity index is 2300. The third-order valence-corrected chi connectivity index (χ3v) is 11.1. The second-order valence-corrected chi connectivity index (χ2v) is 17.8. The number of nitrogens with one attached hydrogen (secondary N) is 1. The van der Waals surface area contributed by atoms with Gasteiger partial charge < -0.3 is 28.9 Å². The SMILES string of the molecule is CC1CN(c2nc(OC[C@@H]3CCCN3C)nc3c(F)c(-c4ccc(F)c5sc(NC(=O)OC(C)(C)C)c(C#N)c45)c(C(F)(F)F)cc23)C(C)CN1C(=O)OC(C)(C)C. The lowest BCUT2D eigenvalue weighted by Crippen LogP contribution is -2.59. The van der Waals surface area contributed by atoms with Gasteiger partial charge in [0.05, 0.1) is 15.8 Å². The van der Waals surface area contributed by atoms with E-state index < -0.39 is 75.5 Å². The molecule has 2 amide bonds. The number of carbonyl (C=O) groups excluding carboxylic acids is 2. The van der Waals surface area contributed by atoms with Crippen molar-refractivity contribution in [3.8, 4) is 23.2 Å². The Morgan fingerprint density at radius 1 is 1.02 bits per heavy atom. The Labute approximate surface area is 336 Å². The summed E-state index contributed by atoms with van der Waals surface area (Å²) in [5.74, 6) is -2.35. The minimum absolute atomic E-state index is 0.00828. The smallest absolute Gasteiger partial charge is 0.417 e. The van der Waals surface area contributed by atoms with E-state index in [1.54, 1.807) is 60.3 Å². The summed E-state index contributed by atoms with van der Waals surface area (Å²) in [4.78, 5) is 40.1. The number of carbonyl (C=O) groups is 2. The topological polar surface area (TPSA) is 133 Å². The zero-order valence-electron chi connectivity index (χ0n) is 33.7. The van der Waals surface area contributed by atoms with Crippen LogP contribution in [0.5, 0.6) is 6.01 Å². The van der Waals surface area contributed by atoms with Crippen LogP contribution in [0.3, 0.4) is 0 Å². The summed E-state index contributed by atoms with van der Waals surface area (Å²) in [5, 5.41) is 11.9. The molecule has 4 aromatic rings. The van der Waals surface area contributed by atoms with Crippen molar-refractivity contribution in [2.24, 2.45) is 0 Å². The number of thiophene rings is 1. The van der Waals surface area contributed by atoms with Gasteiger partial charge in [0.1, 0.15) is 46.0 Å². The Balaban J connectivity index is 1.56. The summed E-state index contributed by atoms with van der Waals surface area (Å²) in [6, 6.07) is 3.13. The second-order valence-electron chi connectivity index (χ2n) is 16.8. The quantitative estimate of drug-likeness (QED) is 0.188. The molecule has 58 heavy (non-hydrogen) atoms. The molecule has 2 aliphatic rings. The number of rotatable bonds is 6. The van der Waals surface area contributed by atoms with Crippen LogP contribution in [-0.4, -0.2) is 94.6 Å². The number of nitriles is 1. The van der Waals surface area contributed by atoms with Crippen molar-refractivity contribution in [3.05, 3.63) is 41.0 Å². The second kappa shape index (κ2) is 15.6. The van der Waals surface area contributed by atoms with Crippen molar-refractivity contribution in [2.75, 3.05) is 43.5 Å². The van der Waals surface area contributed by atoms with E-state index >= 15 is 22.0 Å². The third-order valence-electron chi connectivity index (χ3n) is 9.94. The highest BCUT2D eigenvalue weighted by molar-refractivity contribution is 7.23. The monoisotopic (exact) mass is 831 g/mol. The van der Waals surface area contributed by atoms with E-state index in [4.69, 9.17) is 14.2 Å². The molecule has 0 bridgehead atoms. The molecule has 2 aromatic carbocycles. The Kier molecular flexibility index (Phi) is 11.5. The molecule has 4 heterocycles. The van der Waals surface area contributed by atoms with Gasteiger partial charge in [-0.25, -0.2) is 18.4 Å². The van der Waals surface area contributed by atoms with Crippen LogP contribution in [0, 0.1) is 23.0 Å². The van der Waals surface area contributed by atoms with Gasteiger partial charge in [-0.05, 0) is 99.5 Å². The van der Waals surface area contributed by atoms with Gasteiger partial charge in [-0.15, -0.1) is 11.3 Å². The summed E-state index contributed by atoms with van der Waals surface area (Å²) in [5.41, 5.74) is -5.46. The molecule has 2 fully saturated rings. The van der Waals surface area contributed by atoms with E-state index in [-0.39, 0.29) is 63.6 Å². The maximum atomic E-state index is 17.4. The average Bonchev–Trinajstić information content (AvgIpc) is 3.69. The van der Waals surface area contributed by atoms with Gasteiger partial charge in [0.2, 0.25) is 0 Å². The van der Waals surface area contributed by atoms with E-state index in [0.29, 0.717) is 11.3 Å². The summed E-state index contributed by atoms with van der Waals surface area (Å²) in [6.07, 6.45) is -4.98. The van der Waals surface area contributed by atoms with Gasteiger partial charge >= 0.3 is 24.4 Å².